The van der Waals surface area contributed by atoms with Gasteiger partial charge in [-0.2, -0.15) is 0 Å². The van der Waals surface area contributed by atoms with Crippen LogP contribution in [-0.4, -0.2) is 5.91 Å². The summed E-state index contributed by atoms with van der Waals surface area (Å²) in [6.07, 6.45) is 6.52. The van der Waals surface area contributed by atoms with Gasteiger partial charge in [-0.25, -0.2) is 0 Å². The lowest BCUT2D eigenvalue weighted by atomic mass is 9.51. The van der Waals surface area contributed by atoms with Crippen LogP contribution in [0.15, 0.2) is 24.3 Å². The van der Waals surface area contributed by atoms with Crippen LogP contribution in [0.3, 0.4) is 0 Å². The summed E-state index contributed by atoms with van der Waals surface area (Å²) in [6.45, 7) is 0. The SMILES string of the molecule is Cl.Nc1ccccc1NC(=O)C1C2CC3CC(C2)CC1C3. The van der Waals surface area contributed by atoms with E-state index in [1.54, 1.807) is 0 Å². The van der Waals surface area contributed by atoms with Crippen LogP contribution >= 0.6 is 12.4 Å². The Balaban J connectivity index is 0.00000132. The fourth-order valence-electron chi connectivity index (χ4n) is 5.18. The van der Waals surface area contributed by atoms with Crippen molar-refractivity contribution in [3.63, 3.8) is 0 Å². The summed E-state index contributed by atoms with van der Waals surface area (Å²) in [5.41, 5.74) is 7.36. The van der Waals surface area contributed by atoms with E-state index in [2.05, 4.69) is 5.32 Å². The third kappa shape index (κ3) is 2.52. The number of amides is 1. The highest BCUT2D eigenvalue weighted by molar-refractivity contribution is 5.95. The molecule has 0 saturated heterocycles. The van der Waals surface area contributed by atoms with Crippen LogP contribution in [0.4, 0.5) is 11.4 Å². The van der Waals surface area contributed by atoms with E-state index in [0.29, 0.717) is 17.5 Å². The number of anilines is 2. The van der Waals surface area contributed by atoms with Gasteiger partial charge in [0.2, 0.25) is 5.91 Å². The lowest BCUT2D eigenvalue weighted by Crippen LogP contribution is -2.49. The van der Waals surface area contributed by atoms with E-state index in [1.165, 1.54) is 32.1 Å². The van der Waals surface area contributed by atoms with E-state index >= 15 is 0 Å². The molecule has 0 aliphatic heterocycles. The zero-order valence-corrected chi connectivity index (χ0v) is 12.9. The van der Waals surface area contributed by atoms with Crippen molar-refractivity contribution < 1.29 is 4.79 Å². The first-order valence-corrected chi connectivity index (χ1v) is 7.86. The van der Waals surface area contributed by atoms with Crippen molar-refractivity contribution >= 4 is 29.7 Å². The first-order chi connectivity index (χ1) is 9.70. The number of carbonyl (C=O) groups excluding carboxylic acids is 1. The molecule has 4 fully saturated rings. The molecule has 0 spiro atoms. The number of carbonyl (C=O) groups is 1. The molecule has 1 aromatic carbocycles. The Morgan fingerprint density at radius 3 is 2.14 bits per heavy atom. The van der Waals surface area contributed by atoms with E-state index < -0.39 is 0 Å². The Hall–Kier alpha value is -1.22. The van der Waals surface area contributed by atoms with Crippen LogP contribution < -0.4 is 11.1 Å². The van der Waals surface area contributed by atoms with Crippen molar-refractivity contribution in [3.8, 4) is 0 Å². The summed E-state index contributed by atoms with van der Waals surface area (Å²) in [5.74, 6) is 3.48. The highest BCUT2D eigenvalue weighted by atomic mass is 35.5. The van der Waals surface area contributed by atoms with Gasteiger partial charge in [-0.3, -0.25) is 4.79 Å². The van der Waals surface area contributed by atoms with Gasteiger partial charge >= 0.3 is 0 Å². The van der Waals surface area contributed by atoms with E-state index in [-0.39, 0.29) is 24.2 Å². The number of nitrogens with one attached hydrogen (secondary N) is 1. The molecule has 4 bridgehead atoms. The van der Waals surface area contributed by atoms with Crippen LogP contribution in [0, 0.1) is 29.6 Å². The molecule has 3 nitrogen and oxygen atoms in total. The first-order valence-electron chi connectivity index (χ1n) is 7.86. The second kappa shape index (κ2) is 5.53. The molecule has 4 aliphatic carbocycles. The number of benzene rings is 1. The van der Waals surface area contributed by atoms with Crippen LogP contribution in [0.1, 0.15) is 32.1 Å². The highest BCUT2D eigenvalue weighted by Gasteiger charge is 2.50. The fourth-order valence-corrected chi connectivity index (χ4v) is 5.18. The molecule has 0 unspecified atom stereocenters. The quantitative estimate of drug-likeness (QED) is 0.819. The molecule has 4 heteroatoms. The molecule has 0 radical (unpaired) electrons. The topological polar surface area (TPSA) is 55.1 Å². The van der Waals surface area contributed by atoms with Crippen molar-refractivity contribution in [3.05, 3.63) is 24.3 Å². The molecular weight excluding hydrogens is 284 g/mol. The predicted molar refractivity (Wildman–Crippen MR) is 87.3 cm³/mol. The van der Waals surface area contributed by atoms with Gasteiger partial charge in [0.1, 0.15) is 0 Å². The summed E-state index contributed by atoms with van der Waals surface area (Å²) >= 11 is 0. The van der Waals surface area contributed by atoms with Gasteiger partial charge in [-0.1, -0.05) is 12.1 Å². The standard InChI is InChI=1S/C17H22N2O.ClH/c18-14-3-1-2-4-15(14)19-17(20)16-12-6-10-5-11(8-12)9-13(16)7-10;/h1-4,10-13,16H,5-9,18H2,(H,19,20);1H. The van der Waals surface area contributed by atoms with Crippen molar-refractivity contribution in [1.29, 1.82) is 0 Å². The maximum absolute atomic E-state index is 12.7. The average molecular weight is 307 g/mol. The average Bonchev–Trinajstić information content (AvgIpc) is 2.40. The van der Waals surface area contributed by atoms with E-state index in [0.717, 1.165) is 17.5 Å². The summed E-state index contributed by atoms with van der Waals surface area (Å²) in [6, 6.07) is 7.55. The predicted octanol–water partition coefficient (Wildman–Crippen LogP) is 3.70. The van der Waals surface area contributed by atoms with Crippen LogP contribution in [0.5, 0.6) is 0 Å². The number of hydrogen-bond donors (Lipinski definition) is 2. The summed E-state index contributed by atoms with van der Waals surface area (Å²) in [5, 5.41) is 3.07. The second-order valence-corrected chi connectivity index (χ2v) is 7.03. The minimum absolute atomic E-state index is 0. The maximum atomic E-state index is 12.7. The summed E-state index contributed by atoms with van der Waals surface area (Å²) in [4.78, 5) is 12.7. The first kappa shape index (κ1) is 14.7. The van der Waals surface area contributed by atoms with Gasteiger partial charge in [0.15, 0.2) is 0 Å². The molecule has 0 aromatic heterocycles. The lowest BCUT2D eigenvalue weighted by Gasteiger charge is -2.53. The van der Waals surface area contributed by atoms with Gasteiger partial charge in [0.05, 0.1) is 11.4 Å². The number of para-hydroxylation sites is 2. The smallest absolute Gasteiger partial charge is 0.228 e. The van der Waals surface area contributed by atoms with E-state index in [4.69, 9.17) is 5.73 Å². The van der Waals surface area contributed by atoms with Crippen molar-refractivity contribution in [2.75, 3.05) is 11.1 Å². The summed E-state index contributed by atoms with van der Waals surface area (Å²) < 4.78 is 0. The molecule has 4 saturated carbocycles. The van der Waals surface area contributed by atoms with E-state index in [1.807, 2.05) is 24.3 Å². The van der Waals surface area contributed by atoms with Crippen LogP contribution in [0.2, 0.25) is 0 Å². The Kier molecular flexibility index (Phi) is 3.87. The molecule has 5 rings (SSSR count). The van der Waals surface area contributed by atoms with Crippen molar-refractivity contribution in [1.82, 2.24) is 0 Å². The molecule has 4 aliphatic rings. The number of hydrogen-bond acceptors (Lipinski definition) is 2. The Morgan fingerprint density at radius 1 is 1.00 bits per heavy atom. The van der Waals surface area contributed by atoms with Crippen LogP contribution in [-0.2, 0) is 4.79 Å². The normalized spacial score (nSPS) is 36.1. The maximum Gasteiger partial charge on any atom is 0.228 e. The lowest BCUT2D eigenvalue weighted by molar-refractivity contribution is -0.132. The molecule has 3 N–H and O–H groups in total. The third-order valence-corrected chi connectivity index (χ3v) is 5.75. The van der Waals surface area contributed by atoms with Gasteiger partial charge < -0.3 is 11.1 Å². The monoisotopic (exact) mass is 306 g/mol. The number of nitrogens with two attached hydrogens (primary N) is 1. The second-order valence-electron chi connectivity index (χ2n) is 7.03. The van der Waals surface area contributed by atoms with Crippen molar-refractivity contribution in [2.45, 2.75) is 32.1 Å². The molecule has 0 atom stereocenters. The largest absolute Gasteiger partial charge is 0.397 e. The number of halogens is 1. The zero-order valence-electron chi connectivity index (χ0n) is 12.1. The highest BCUT2D eigenvalue weighted by Crippen LogP contribution is 2.56. The molecule has 21 heavy (non-hydrogen) atoms. The van der Waals surface area contributed by atoms with Gasteiger partial charge in [-0.05, 0) is 67.9 Å². The molecule has 114 valence electrons. The number of nitrogen functional groups attached to an aromatic ring is 1. The third-order valence-electron chi connectivity index (χ3n) is 5.75. The summed E-state index contributed by atoms with van der Waals surface area (Å²) in [7, 11) is 0. The fraction of sp³-hybridized carbons (Fsp3) is 0.588. The molecular formula is C17H23ClN2O. The van der Waals surface area contributed by atoms with Crippen molar-refractivity contribution in [2.24, 2.45) is 29.6 Å². The Labute approximate surface area is 132 Å². The van der Waals surface area contributed by atoms with Gasteiger partial charge in [0.25, 0.3) is 0 Å². The van der Waals surface area contributed by atoms with E-state index in [9.17, 15) is 4.79 Å². The van der Waals surface area contributed by atoms with Crippen LogP contribution in [0.25, 0.3) is 0 Å². The molecule has 1 amide bonds. The van der Waals surface area contributed by atoms with Gasteiger partial charge in [0, 0.05) is 5.92 Å². The molecule has 1 aromatic rings. The molecule has 0 heterocycles. The zero-order chi connectivity index (χ0) is 13.7. The minimum Gasteiger partial charge on any atom is -0.397 e. The minimum atomic E-state index is 0. The Bertz CT molecular complexity index is 517. The van der Waals surface area contributed by atoms with Gasteiger partial charge in [-0.15, -0.1) is 12.4 Å². The number of rotatable bonds is 2. The Morgan fingerprint density at radius 2 is 1.57 bits per heavy atom.